The largest absolute Gasteiger partial charge is 0.469 e. The van der Waals surface area contributed by atoms with Crippen molar-refractivity contribution < 1.29 is 17.9 Å². The van der Waals surface area contributed by atoms with Crippen LogP contribution in [0.3, 0.4) is 0 Å². The van der Waals surface area contributed by atoms with E-state index in [2.05, 4.69) is 11.3 Å². The molecule has 5 heteroatoms. The standard InChI is InChI=1S/C16H22O4S/c1-3-9-14(12-7-8-13-16(17)20-2)21(18,19)15-10-5-4-6-11-15/h3-6,10-11,14H,1,7-9,12-13H2,2H3. The summed E-state index contributed by atoms with van der Waals surface area (Å²) in [5, 5.41) is -0.491. The van der Waals surface area contributed by atoms with Gasteiger partial charge in [-0.05, 0) is 31.4 Å². The van der Waals surface area contributed by atoms with Gasteiger partial charge in [-0.3, -0.25) is 4.79 Å². The van der Waals surface area contributed by atoms with Crippen LogP contribution in [0.25, 0.3) is 0 Å². The van der Waals surface area contributed by atoms with Gasteiger partial charge in [-0.15, -0.1) is 6.58 Å². The maximum absolute atomic E-state index is 12.6. The van der Waals surface area contributed by atoms with Crippen molar-refractivity contribution in [3.63, 3.8) is 0 Å². The molecule has 1 unspecified atom stereocenters. The Bertz CT molecular complexity index is 549. The van der Waals surface area contributed by atoms with Crippen LogP contribution in [0.1, 0.15) is 32.1 Å². The molecule has 0 saturated heterocycles. The van der Waals surface area contributed by atoms with E-state index in [9.17, 15) is 13.2 Å². The normalized spacial score (nSPS) is 12.6. The summed E-state index contributed by atoms with van der Waals surface area (Å²) in [4.78, 5) is 11.4. The molecule has 0 saturated carbocycles. The first-order chi connectivity index (χ1) is 10.0. The fourth-order valence-corrected chi connectivity index (χ4v) is 3.92. The molecule has 1 aromatic carbocycles. The molecular weight excluding hydrogens is 288 g/mol. The second-order valence-electron chi connectivity index (χ2n) is 4.83. The number of carbonyl (C=O) groups is 1. The Morgan fingerprint density at radius 1 is 1.29 bits per heavy atom. The molecular formula is C16H22O4S. The van der Waals surface area contributed by atoms with E-state index in [1.54, 1.807) is 36.4 Å². The molecule has 4 nitrogen and oxygen atoms in total. The first kappa shape index (κ1) is 17.4. The molecule has 1 aromatic rings. The molecule has 0 N–H and O–H groups in total. The third kappa shape index (κ3) is 5.34. The highest BCUT2D eigenvalue weighted by Crippen LogP contribution is 2.23. The number of hydrogen-bond acceptors (Lipinski definition) is 4. The Balaban J connectivity index is 2.68. The van der Waals surface area contributed by atoms with Crippen molar-refractivity contribution in [2.75, 3.05) is 7.11 Å². The number of esters is 1. The number of benzene rings is 1. The number of allylic oxidation sites excluding steroid dienone is 1. The van der Waals surface area contributed by atoms with E-state index in [1.807, 2.05) is 0 Å². The molecule has 0 radical (unpaired) electrons. The summed E-state index contributed by atoms with van der Waals surface area (Å²) in [5.41, 5.74) is 0. The molecule has 116 valence electrons. The van der Waals surface area contributed by atoms with Gasteiger partial charge >= 0.3 is 5.97 Å². The lowest BCUT2D eigenvalue weighted by Crippen LogP contribution is -2.21. The number of ether oxygens (including phenoxy) is 1. The minimum absolute atomic E-state index is 0.263. The van der Waals surface area contributed by atoms with Crippen LogP contribution < -0.4 is 0 Å². The van der Waals surface area contributed by atoms with E-state index in [0.29, 0.717) is 37.0 Å². The lowest BCUT2D eigenvalue weighted by molar-refractivity contribution is -0.140. The molecule has 0 amide bonds. The van der Waals surface area contributed by atoms with Crippen LogP contribution in [0.15, 0.2) is 47.9 Å². The van der Waals surface area contributed by atoms with Crippen LogP contribution in [-0.4, -0.2) is 26.7 Å². The molecule has 0 spiro atoms. The predicted octanol–water partition coefficient (Wildman–Crippen LogP) is 3.14. The molecule has 0 aromatic heterocycles. The fraction of sp³-hybridized carbons (Fsp3) is 0.438. The van der Waals surface area contributed by atoms with Gasteiger partial charge in [-0.2, -0.15) is 0 Å². The number of unbranched alkanes of at least 4 members (excludes halogenated alkanes) is 1. The van der Waals surface area contributed by atoms with Crippen LogP contribution in [0.5, 0.6) is 0 Å². The van der Waals surface area contributed by atoms with Crippen molar-refractivity contribution in [1.82, 2.24) is 0 Å². The molecule has 0 fully saturated rings. The highest BCUT2D eigenvalue weighted by atomic mass is 32.2. The summed E-state index contributed by atoms with van der Waals surface area (Å²) in [6.45, 7) is 3.64. The number of rotatable bonds is 9. The number of sulfone groups is 1. The summed E-state index contributed by atoms with van der Waals surface area (Å²) in [7, 11) is -2.01. The second-order valence-corrected chi connectivity index (χ2v) is 7.05. The molecule has 0 aliphatic heterocycles. The van der Waals surface area contributed by atoms with Crippen molar-refractivity contribution in [2.24, 2.45) is 0 Å². The number of hydrogen-bond donors (Lipinski definition) is 0. The SMILES string of the molecule is C=CCC(CCCCC(=O)OC)S(=O)(=O)c1ccccc1. The predicted molar refractivity (Wildman–Crippen MR) is 82.7 cm³/mol. The molecule has 0 heterocycles. The molecule has 0 bridgehead atoms. The van der Waals surface area contributed by atoms with Gasteiger partial charge in [0, 0.05) is 6.42 Å². The Morgan fingerprint density at radius 3 is 2.52 bits per heavy atom. The molecule has 1 rings (SSSR count). The Kier molecular flexibility index (Phi) is 7.15. The fourth-order valence-electron chi connectivity index (χ4n) is 2.13. The maximum Gasteiger partial charge on any atom is 0.305 e. The van der Waals surface area contributed by atoms with E-state index in [1.165, 1.54) is 7.11 Å². The monoisotopic (exact) mass is 310 g/mol. The van der Waals surface area contributed by atoms with Crippen LogP contribution in [0, 0.1) is 0 Å². The molecule has 0 aliphatic carbocycles. The first-order valence-electron chi connectivity index (χ1n) is 6.99. The summed E-state index contributed by atoms with van der Waals surface area (Å²) in [5.74, 6) is -0.263. The zero-order chi connectivity index (χ0) is 15.7. The minimum Gasteiger partial charge on any atom is -0.469 e. The van der Waals surface area contributed by atoms with Crippen molar-refractivity contribution in [3.8, 4) is 0 Å². The van der Waals surface area contributed by atoms with Crippen LogP contribution in [0.2, 0.25) is 0 Å². The average molecular weight is 310 g/mol. The van der Waals surface area contributed by atoms with Gasteiger partial charge in [-0.1, -0.05) is 30.7 Å². The second kappa shape index (κ2) is 8.62. The van der Waals surface area contributed by atoms with Gasteiger partial charge in [-0.25, -0.2) is 8.42 Å². The van der Waals surface area contributed by atoms with E-state index >= 15 is 0 Å². The van der Waals surface area contributed by atoms with E-state index in [-0.39, 0.29) is 5.97 Å². The topological polar surface area (TPSA) is 60.4 Å². The third-order valence-electron chi connectivity index (χ3n) is 3.32. The smallest absolute Gasteiger partial charge is 0.305 e. The lowest BCUT2D eigenvalue weighted by Gasteiger charge is -2.16. The summed E-state index contributed by atoms with van der Waals surface area (Å²) < 4.78 is 29.7. The molecule has 0 aliphatic rings. The zero-order valence-corrected chi connectivity index (χ0v) is 13.1. The van der Waals surface area contributed by atoms with Crippen LogP contribution in [-0.2, 0) is 19.4 Å². The zero-order valence-electron chi connectivity index (χ0n) is 12.3. The number of methoxy groups -OCH3 is 1. The summed E-state index contributed by atoms with van der Waals surface area (Å²) in [6, 6.07) is 8.45. The first-order valence-corrected chi connectivity index (χ1v) is 8.53. The Labute approximate surface area is 126 Å². The van der Waals surface area contributed by atoms with E-state index in [4.69, 9.17) is 0 Å². The third-order valence-corrected chi connectivity index (χ3v) is 5.56. The van der Waals surface area contributed by atoms with Gasteiger partial charge in [0.2, 0.25) is 0 Å². The number of carbonyl (C=O) groups excluding carboxylic acids is 1. The van der Waals surface area contributed by atoms with Gasteiger partial charge in [0.05, 0.1) is 17.3 Å². The van der Waals surface area contributed by atoms with Crippen molar-refractivity contribution in [2.45, 2.75) is 42.2 Å². The van der Waals surface area contributed by atoms with Gasteiger partial charge < -0.3 is 4.74 Å². The van der Waals surface area contributed by atoms with Crippen molar-refractivity contribution in [3.05, 3.63) is 43.0 Å². The van der Waals surface area contributed by atoms with Crippen LogP contribution in [0.4, 0.5) is 0 Å². The molecule has 1 atom stereocenters. The van der Waals surface area contributed by atoms with E-state index in [0.717, 1.165) is 0 Å². The van der Waals surface area contributed by atoms with Gasteiger partial charge in [0.25, 0.3) is 0 Å². The Hall–Kier alpha value is -1.62. The minimum atomic E-state index is -3.36. The quantitative estimate of drug-likeness (QED) is 0.399. The van der Waals surface area contributed by atoms with Crippen molar-refractivity contribution >= 4 is 15.8 Å². The molecule has 21 heavy (non-hydrogen) atoms. The summed E-state index contributed by atoms with van der Waals surface area (Å²) >= 11 is 0. The van der Waals surface area contributed by atoms with Gasteiger partial charge in [0.15, 0.2) is 9.84 Å². The van der Waals surface area contributed by atoms with Gasteiger partial charge in [0.1, 0.15) is 0 Å². The Morgan fingerprint density at radius 2 is 1.95 bits per heavy atom. The highest BCUT2D eigenvalue weighted by Gasteiger charge is 2.25. The highest BCUT2D eigenvalue weighted by molar-refractivity contribution is 7.92. The van der Waals surface area contributed by atoms with E-state index < -0.39 is 15.1 Å². The lowest BCUT2D eigenvalue weighted by atomic mass is 10.1. The van der Waals surface area contributed by atoms with Crippen LogP contribution >= 0.6 is 0 Å². The van der Waals surface area contributed by atoms with Crippen molar-refractivity contribution in [1.29, 1.82) is 0 Å². The summed E-state index contributed by atoms with van der Waals surface area (Å²) in [6.07, 6.45) is 4.17. The maximum atomic E-state index is 12.6. The average Bonchev–Trinajstić information content (AvgIpc) is 2.50.